The zero-order chi connectivity index (χ0) is 24.2. The smallest absolute Gasteiger partial charge is 0.226 e. The molecule has 34 heavy (non-hydrogen) atoms. The largest absolute Gasteiger partial charge is 0.335 e. The number of amides is 1. The normalized spacial score (nSPS) is 25.5. The molecule has 1 heterocycles. The Morgan fingerprint density at radius 1 is 1.03 bits per heavy atom. The molecule has 1 fully saturated rings. The molecule has 1 unspecified atom stereocenters. The number of benzene rings is 1. The second-order valence-electron chi connectivity index (χ2n) is 12.1. The summed E-state index contributed by atoms with van der Waals surface area (Å²) in [4.78, 5) is 18.7. The summed E-state index contributed by atoms with van der Waals surface area (Å²) in [5, 5.41) is 0. The molecule has 1 aliphatic heterocycles. The molecule has 0 spiro atoms. The van der Waals surface area contributed by atoms with Gasteiger partial charge in [-0.15, -0.1) is 0 Å². The van der Waals surface area contributed by atoms with Crippen molar-refractivity contribution in [2.45, 2.75) is 91.5 Å². The molecular weight excluding hydrogens is 416 g/mol. The lowest BCUT2D eigenvalue weighted by Crippen LogP contribution is -2.50. The van der Waals surface area contributed by atoms with Gasteiger partial charge in [0.05, 0.1) is 6.04 Å². The minimum absolute atomic E-state index is 0.235. The van der Waals surface area contributed by atoms with Crippen LogP contribution in [0.5, 0.6) is 0 Å². The van der Waals surface area contributed by atoms with Crippen LogP contribution in [0.2, 0.25) is 0 Å². The first-order chi connectivity index (χ1) is 16.3. The van der Waals surface area contributed by atoms with Gasteiger partial charge in [0.25, 0.3) is 0 Å². The van der Waals surface area contributed by atoms with E-state index in [-0.39, 0.29) is 12.0 Å². The molecule has 4 rings (SSSR count). The first kappa shape index (κ1) is 25.5. The Balaban J connectivity index is 1.42. The van der Waals surface area contributed by atoms with Gasteiger partial charge in [0, 0.05) is 19.0 Å². The van der Waals surface area contributed by atoms with Gasteiger partial charge >= 0.3 is 0 Å². The van der Waals surface area contributed by atoms with Crippen LogP contribution >= 0.6 is 0 Å². The van der Waals surface area contributed by atoms with Crippen molar-refractivity contribution in [2.24, 2.45) is 23.7 Å². The second-order valence-corrected chi connectivity index (χ2v) is 12.1. The van der Waals surface area contributed by atoms with Gasteiger partial charge in [-0.3, -0.25) is 4.79 Å². The average molecular weight is 465 g/mol. The molecule has 1 atom stereocenters. The zero-order valence-corrected chi connectivity index (χ0v) is 22.5. The van der Waals surface area contributed by atoms with Crippen LogP contribution in [-0.4, -0.2) is 48.4 Å². The molecule has 3 aliphatic rings. The average Bonchev–Trinajstić information content (AvgIpc) is 3.01. The summed E-state index contributed by atoms with van der Waals surface area (Å²) >= 11 is 0. The Morgan fingerprint density at radius 2 is 1.76 bits per heavy atom. The lowest BCUT2D eigenvalue weighted by Gasteiger charge is -2.44. The van der Waals surface area contributed by atoms with E-state index in [0.717, 1.165) is 50.5 Å². The van der Waals surface area contributed by atoms with Crippen molar-refractivity contribution < 1.29 is 4.79 Å². The van der Waals surface area contributed by atoms with E-state index in [0.29, 0.717) is 11.8 Å². The fraction of sp³-hybridized carbons (Fsp3) is 0.710. The summed E-state index contributed by atoms with van der Waals surface area (Å²) in [6.45, 7) is 12.5. The minimum Gasteiger partial charge on any atom is -0.335 e. The summed E-state index contributed by atoms with van der Waals surface area (Å²) in [7, 11) is 2.27. The number of hydrogen-bond acceptors (Lipinski definition) is 2. The predicted octanol–water partition coefficient (Wildman–Crippen LogP) is 6.82. The Labute approximate surface area is 209 Å². The van der Waals surface area contributed by atoms with Gasteiger partial charge in [-0.1, -0.05) is 52.0 Å². The molecule has 3 heteroatoms. The van der Waals surface area contributed by atoms with Crippen LogP contribution in [0.1, 0.15) is 90.2 Å². The lowest BCUT2D eigenvalue weighted by atomic mass is 9.78. The number of aryl methyl sites for hydroxylation is 1. The monoisotopic (exact) mass is 464 g/mol. The van der Waals surface area contributed by atoms with E-state index in [1.54, 1.807) is 11.1 Å². The summed E-state index contributed by atoms with van der Waals surface area (Å²) in [5.41, 5.74) is 6.10. The molecule has 2 aliphatic carbocycles. The lowest BCUT2D eigenvalue weighted by molar-refractivity contribution is -0.139. The molecule has 0 saturated heterocycles. The van der Waals surface area contributed by atoms with Crippen molar-refractivity contribution in [2.75, 3.05) is 26.7 Å². The van der Waals surface area contributed by atoms with Gasteiger partial charge < -0.3 is 9.80 Å². The zero-order valence-electron chi connectivity index (χ0n) is 22.5. The molecule has 0 N–H and O–H groups in total. The summed E-state index contributed by atoms with van der Waals surface area (Å²) in [6, 6.07) is 9.29. The van der Waals surface area contributed by atoms with Gasteiger partial charge in [-0.05, 0) is 111 Å². The maximum absolute atomic E-state index is 13.9. The van der Waals surface area contributed by atoms with Crippen LogP contribution in [0, 0.1) is 23.7 Å². The molecule has 1 amide bonds. The highest BCUT2D eigenvalue weighted by molar-refractivity contribution is 5.83. The van der Waals surface area contributed by atoms with Crippen molar-refractivity contribution in [3.8, 4) is 0 Å². The maximum Gasteiger partial charge on any atom is 0.226 e. The van der Waals surface area contributed by atoms with E-state index in [1.165, 1.54) is 49.9 Å². The van der Waals surface area contributed by atoms with E-state index in [2.05, 4.69) is 68.8 Å². The fourth-order valence-corrected chi connectivity index (χ4v) is 6.85. The van der Waals surface area contributed by atoms with Crippen molar-refractivity contribution in [3.05, 3.63) is 41.0 Å². The number of carbonyl (C=O) groups excluding carboxylic acids is 1. The topological polar surface area (TPSA) is 23.6 Å². The summed E-state index contributed by atoms with van der Waals surface area (Å²) in [5.74, 6) is 2.68. The van der Waals surface area contributed by atoms with Crippen LogP contribution in [0.4, 0.5) is 0 Å². The Hall–Kier alpha value is -1.61. The standard InChI is InChI=1S/C31H48N2O/c1-22(2)17-19-32(5)21-24-13-15-26(16-14-24)31(34)33-20-18-28-27-11-7-6-9-25(27)10-8-12-29(28)30(33)23(3)4/h6-7,9,11,22-24,26,30H,8,10,12-21H2,1-5H3. The predicted molar refractivity (Wildman–Crippen MR) is 144 cm³/mol. The van der Waals surface area contributed by atoms with Gasteiger partial charge in [0.1, 0.15) is 0 Å². The summed E-state index contributed by atoms with van der Waals surface area (Å²) < 4.78 is 0. The molecule has 188 valence electrons. The number of rotatable bonds is 7. The molecule has 3 nitrogen and oxygen atoms in total. The molecule has 0 aromatic heterocycles. The molecule has 1 aromatic carbocycles. The third-order valence-corrected chi connectivity index (χ3v) is 8.69. The van der Waals surface area contributed by atoms with Crippen LogP contribution in [0.25, 0.3) is 5.57 Å². The Kier molecular flexibility index (Phi) is 8.56. The Bertz CT molecular complexity index is 862. The number of hydrogen-bond donors (Lipinski definition) is 0. The van der Waals surface area contributed by atoms with Crippen molar-refractivity contribution in [1.82, 2.24) is 9.80 Å². The maximum atomic E-state index is 13.9. The van der Waals surface area contributed by atoms with Crippen LogP contribution in [0.3, 0.4) is 0 Å². The molecular formula is C31H48N2O. The van der Waals surface area contributed by atoms with Gasteiger partial charge in [-0.2, -0.15) is 0 Å². The van der Waals surface area contributed by atoms with E-state index < -0.39 is 0 Å². The Morgan fingerprint density at radius 3 is 2.47 bits per heavy atom. The van der Waals surface area contributed by atoms with Crippen molar-refractivity contribution in [1.29, 1.82) is 0 Å². The van der Waals surface area contributed by atoms with Crippen molar-refractivity contribution in [3.63, 3.8) is 0 Å². The molecule has 1 saturated carbocycles. The van der Waals surface area contributed by atoms with Gasteiger partial charge in [0.2, 0.25) is 5.91 Å². The SMILES string of the molecule is CC(C)CCN(C)CC1CCC(C(=O)N2CCC3=C(CCCc4ccccc43)C2C(C)C)CC1. The number of nitrogens with zero attached hydrogens (tertiary/aromatic N) is 2. The van der Waals surface area contributed by atoms with Gasteiger partial charge in [-0.25, -0.2) is 0 Å². The highest BCUT2D eigenvalue weighted by Crippen LogP contribution is 2.42. The first-order valence-electron chi connectivity index (χ1n) is 14.1. The van der Waals surface area contributed by atoms with Crippen LogP contribution < -0.4 is 0 Å². The van der Waals surface area contributed by atoms with E-state index in [1.807, 2.05) is 0 Å². The van der Waals surface area contributed by atoms with E-state index in [4.69, 9.17) is 0 Å². The highest BCUT2D eigenvalue weighted by Gasteiger charge is 2.39. The fourth-order valence-electron chi connectivity index (χ4n) is 6.85. The van der Waals surface area contributed by atoms with Crippen LogP contribution in [0.15, 0.2) is 29.8 Å². The molecule has 0 bridgehead atoms. The van der Waals surface area contributed by atoms with E-state index >= 15 is 0 Å². The highest BCUT2D eigenvalue weighted by atomic mass is 16.2. The van der Waals surface area contributed by atoms with E-state index in [9.17, 15) is 4.79 Å². The third-order valence-electron chi connectivity index (χ3n) is 8.69. The number of carbonyl (C=O) groups is 1. The minimum atomic E-state index is 0.235. The second kappa shape index (κ2) is 11.4. The summed E-state index contributed by atoms with van der Waals surface area (Å²) in [6.07, 6.45) is 10.4. The molecule has 1 aromatic rings. The first-order valence-corrected chi connectivity index (χ1v) is 14.1. The third kappa shape index (κ3) is 5.78. The van der Waals surface area contributed by atoms with Gasteiger partial charge in [0.15, 0.2) is 0 Å². The van der Waals surface area contributed by atoms with Crippen LogP contribution in [-0.2, 0) is 11.2 Å². The van der Waals surface area contributed by atoms with Crippen molar-refractivity contribution >= 4 is 11.5 Å². The quantitative estimate of drug-likeness (QED) is 0.442. The molecule has 0 radical (unpaired) electrons. The number of fused-ring (bicyclic) bond motifs is 2.